The van der Waals surface area contributed by atoms with Crippen molar-refractivity contribution < 1.29 is 13.5 Å². The molecule has 1 aromatic rings. The summed E-state index contributed by atoms with van der Waals surface area (Å²) in [5, 5.41) is 7.35. The van der Waals surface area contributed by atoms with Crippen molar-refractivity contribution in [2.24, 2.45) is 0 Å². The second-order valence-corrected chi connectivity index (χ2v) is 5.31. The molecule has 1 saturated heterocycles. The predicted octanol–water partition coefficient (Wildman–Crippen LogP) is 1.27. The van der Waals surface area contributed by atoms with Crippen LogP contribution in [0.2, 0.25) is 0 Å². The molecule has 5 nitrogen and oxygen atoms in total. The maximum Gasteiger partial charge on any atom is 0.257 e. The zero-order chi connectivity index (χ0) is 15.1. The Balaban J connectivity index is 1.63. The summed E-state index contributed by atoms with van der Waals surface area (Å²) in [7, 11) is 0. The van der Waals surface area contributed by atoms with Crippen molar-refractivity contribution in [3.05, 3.63) is 17.5 Å². The molecule has 0 spiro atoms. The van der Waals surface area contributed by atoms with Gasteiger partial charge in [0.05, 0.1) is 19.4 Å². The molecule has 2 rings (SSSR count). The van der Waals surface area contributed by atoms with Crippen LogP contribution in [0, 0.1) is 6.92 Å². The number of halogens is 2. The maximum absolute atomic E-state index is 12.3. The molecule has 0 amide bonds. The molecule has 2 heterocycles. The van der Waals surface area contributed by atoms with E-state index in [0.29, 0.717) is 6.54 Å². The van der Waals surface area contributed by atoms with Crippen molar-refractivity contribution in [1.82, 2.24) is 20.0 Å². The average Bonchev–Trinajstić information content (AvgIpc) is 2.80. The van der Waals surface area contributed by atoms with Crippen molar-refractivity contribution in [2.75, 3.05) is 39.4 Å². The fourth-order valence-electron chi connectivity index (χ4n) is 2.45. The monoisotopic (exact) mass is 302 g/mol. The maximum atomic E-state index is 12.3. The van der Waals surface area contributed by atoms with Crippen molar-refractivity contribution >= 4 is 0 Å². The summed E-state index contributed by atoms with van der Waals surface area (Å²) >= 11 is 0. The minimum Gasteiger partial charge on any atom is -0.379 e. The lowest BCUT2D eigenvalue weighted by Crippen LogP contribution is -2.37. The average molecular weight is 302 g/mol. The van der Waals surface area contributed by atoms with Gasteiger partial charge in [0.1, 0.15) is 6.54 Å². The third kappa shape index (κ3) is 5.33. The lowest BCUT2D eigenvalue weighted by Gasteiger charge is -2.26. The molecule has 1 aliphatic heterocycles. The van der Waals surface area contributed by atoms with Crippen molar-refractivity contribution in [2.45, 2.75) is 32.9 Å². The third-order valence-electron chi connectivity index (χ3n) is 3.76. The molecular weight excluding hydrogens is 278 g/mol. The van der Waals surface area contributed by atoms with E-state index in [9.17, 15) is 8.78 Å². The molecule has 0 saturated carbocycles. The van der Waals surface area contributed by atoms with Crippen LogP contribution >= 0.6 is 0 Å². The minimum atomic E-state index is -2.36. The fraction of sp³-hybridized carbons (Fsp3) is 0.786. The summed E-state index contributed by atoms with van der Waals surface area (Å²) in [4.78, 5) is 2.40. The first kappa shape index (κ1) is 16.3. The number of ether oxygens (including phenoxy) is 1. The van der Waals surface area contributed by atoms with Gasteiger partial charge < -0.3 is 10.1 Å². The Kier molecular flexibility index (Phi) is 6.53. The lowest BCUT2D eigenvalue weighted by molar-refractivity contribution is 0.0374. The molecule has 7 heteroatoms. The molecule has 1 aliphatic rings. The van der Waals surface area contributed by atoms with Crippen LogP contribution in [0.4, 0.5) is 8.78 Å². The van der Waals surface area contributed by atoms with Gasteiger partial charge in [0.25, 0.3) is 6.43 Å². The Bertz CT molecular complexity index is 419. The summed E-state index contributed by atoms with van der Waals surface area (Å²) in [6, 6.07) is 0. The SMILES string of the molecule is Cc1c(CNCCCN2CCOCC2)cnn1CC(F)F. The number of morpholine rings is 1. The normalized spacial score (nSPS) is 16.8. The predicted molar refractivity (Wildman–Crippen MR) is 76.6 cm³/mol. The number of hydrogen-bond donors (Lipinski definition) is 1. The summed E-state index contributed by atoms with van der Waals surface area (Å²) in [6.07, 6.45) is 0.384. The van der Waals surface area contributed by atoms with E-state index in [2.05, 4.69) is 15.3 Å². The Hall–Kier alpha value is -1.05. The van der Waals surface area contributed by atoms with E-state index in [1.807, 2.05) is 6.92 Å². The van der Waals surface area contributed by atoms with E-state index < -0.39 is 6.43 Å². The highest BCUT2D eigenvalue weighted by atomic mass is 19.3. The number of alkyl halides is 2. The summed E-state index contributed by atoms with van der Waals surface area (Å²) in [5.74, 6) is 0. The molecule has 0 atom stereocenters. The van der Waals surface area contributed by atoms with Crippen molar-refractivity contribution in [1.29, 1.82) is 0 Å². The van der Waals surface area contributed by atoms with E-state index in [4.69, 9.17) is 4.74 Å². The zero-order valence-electron chi connectivity index (χ0n) is 12.5. The van der Waals surface area contributed by atoms with Gasteiger partial charge in [-0.1, -0.05) is 0 Å². The van der Waals surface area contributed by atoms with Crippen LogP contribution in [0.3, 0.4) is 0 Å². The number of hydrogen-bond acceptors (Lipinski definition) is 4. The van der Waals surface area contributed by atoms with Gasteiger partial charge in [-0.25, -0.2) is 8.78 Å². The van der Waals surface area contributed by atoms with Gasteiger partial charge in [0.2, 0.25) is 0 Å². The number of aromatic nitrogens is 2. The molecular formula is C14H24F2N4O. The van der Waals surface area contributed by atoms with Crippen LogP contribution in [0.25, 0.3) is 0 Å². The van der Waals surface area contributed by atoms with E-state index in [0.717, 1.165) is 57.1 Å². The summed E-state index contributed by atoms with van der Waals surface area (Å²) in [5.41, 5.74) is 1.80. The Labute approximate surface area is 124 Å². The van der Waals surface area contributed by atoms with Crippen LogP contribution in [0.1, 0.15) is 17.7 Å². The molecule has 0 bridgehead atoms. The fourth-order valence-corrected chi connectivity index (χ4v) is 2.45. The highest BCUT2D eigenvalue weighted by Crippen LogP contribution is 2.09. The van der Waals surface area contributed by atoms with Crippen LogP contribution in [-0.2, 0) is 17.8 Å². The molecule has 0 radical (unpaired) electrons. The molecule has 0 aliphatic carbocycles. The van der Waals surface area contributed by atoms with Gasteiger partial charge in [-0.3, -0.25) is 9.58 Å². The van der Waals surface area contributed by atoms with Gasteiger partial charge in [0, 0.05) is 30.9 Å². The van der Waals surface area contributed by atoms with Crippen LogP contribution in [0.5, 0.6) is 0 Å². The summed E-state index contributed by atoms with van der Waals surface area (Å²) in [6.45, 7) is 7.85. The minimum absolute atomic E-state index is 0.330. The van der Waals surface area contributed by atoms with E-state index in [1.54, 1.807) is 6.20 Å². The number of nitrogens with zero attached hydrogens (tertiary/aromatic N) is 3. The molecule has 0 aromatic carbocycles. The Morgan fingerprint density at radius 2 is 2.14 bits per heavy atom. The largest absolute Gasteiger partial charge is 0.379 e. The topological polar surface area (TPSA) is 42.3 Å². The molecule has 21 heavy (non-hydrogen) atoms. The summed E-state index contributed by atoms with van der Waals surface area (Å²) < 4.78 is 31.4. The first-order valence-electron chi connectivity index (χ1n) is 7.47. The van der Waals surface area contributed by atoms with Gasteiger partial charge >= 0.3 is 0 Å². The van der Waals surface area contributed by atoms with Crippen LogP contribution in [-0.4, -0.2) is 60.5 Å². The van der Waals surface area contributed by atoms with E-state index in [1.165, 1.54) is 4.68 Å². The van der Waals surface area contributed by atoms with Crippen LogP contribution < -0.4 is 5.32 Å². The Morgan fingerprint density at radius 3 is 2.86 bits per heavy atom. The molecule has 1 fully saturated rings. The molecule has 120 valence electrons. The van der Waals surface area contributed by atoms with Gasteiger partial charge in [-0.05, 0) is 26.4 Å². The quantitative estimate of drug-likeness (QED) is 0.734. The first-order valence-corrected chi connectivity index (χ1v) is 7.47. The number of rotatable bonds is 8. The second kappa shape index (κ2) is 8.41. The van der Waals surface area contributed by atoms with Crippen molar-refractivity contribution in [3.8, 4) is 0 Å². The number of nitrogens with one attached hydrogen (secondary N) is 1. The van der Waals surface area contributed by atoms with Gasteiger partial charge in [-0.2, -0.15) is 5.10 Å². The molecule has 1 aromatic heterocycles. The highest BCUT2D eigenvalue weighted by molar-refractivity contribution is 5.15. The molecule has 0 unspecified atom stereocenters. The lowest BCUT2D eigenvalue weighted by atomic mass is 10.2. The molecule has 1 N–H and O–H groups in total. The van der Waals surface area contributed by atoms with E-state index >= 15 is 0 Å². The van der Waals surface area contributed by atoms with Gasteiger partial charge in [-0.15, -0.1) is 0 Å². The van der Waals surface area contributed by atoms with E-state index in [-0.39, 0.29) is 6.54 Å². The van der Waals surface area contributed by atoms with Gasteiger partial charge in [0.15, 0.2) is 0 Å². The smallest absolute Gasteiger partial charge is 0.257 e. The second-order valence-electron chi connectivity index (χ2n) is 5.31. The third-order valence-corrected chi connectivity index (χ3v) is 3.76. The highest BCUT2D eigenvalue weighted by Gasteiger charge is 2.11. The van der Waals surface area contributed by atoms with Crippen molar-refractivity contribution in [3.63, 3.8) is 0 Å². The van der Waals surface area contributed by atoms with Crippen LogP contribution in [0.15, 0.2) is 6.20 Å². The zero-order valence-corrected chi connectivity index (χ0v) is 12.5. The standard InChI is InChI=1S/C14H24F2N4O/c1-12-13(10-18-20(12)11-14(15)16)9-17-3-2-4-19-5-7-21-8-6-19/h10,14,17H,2-9,11H2,1H3. The Morgan fingerprint density at radius 1 is 1.38 bits per heavy atom. The first-order chi connectivity index (χ1) is 10.2.